The fourth-order valence-corrected chi connectivity index (χ4v) is 4.67. The summed E-state index contributed by atoms with van der Waals surface area (Å²) in [5.41, 5.74) is -1.28. The summed E-state index contributed by atoms with van der Waals surface area (Å²) in [6, 6.07) is 3.89. The zero-order valence-corrected chi connectivity index (χ0v) is 16.4. The fraction of sp³-hybridized carbons (Fsp3) is 0.467. The smallest absolute Gasteiger partial charge is 0.211 e. The minimum atomic E-state index is -3.55. The molecule has 0 radical (unpaired) electrons. The van der Waals surface area contributed by atoms with Crippen LogP contribution in [0.2, 0.25) is 10.0 Å². The average Bonchev–Trinajstić information content (AvgIpc) is 2.98. The molecule has 0 aliphatic carbocycles. The lowest BCUT2D eigenvalue weighted by Gasteiger charge is -2.40. The molecule has 138 valence electrons. The van der Waals surface area contributed by atoms with Crippen molar-refractivity contribution >= 4 is 33.2 Å². The van der Waals surface area contributed by atoms with Crippen LogP contribution in [0.4, 0.5) is 0 Å². The van der Waals surface area contributed by atoms with Gasteiger partial charge in [-0.05, 0) is 19.1 Å². The Morgan fingerprint density at radius 1 is 1.40 bits per heavy atom. The minimum Gasteiger partial charge on any atom is -0.381 e. The number of halogens is 2. The summed E-state index contributed by atoms with van der Waals surface area (Å²) in [7, 11) is -3.55. The molecule has 25 heavy (non-hydrogen) atoms. The van der Waals surface area contributed by atoms with E-state index < -0.39 is 21.7 Å². The van der Waals surface area contributed by atoms with Crippen LogP contribution in [0, 0.1) is 0 Å². The summed E-state index contributed by atoms with van der Waals surface area (Å²) in [5, 5.41) is 16.2. The molecular weight excluding hydrogens is 387 g/mol. The lowest BCUT2D eigenvalue weighted by molar-refractivity contribution is -0.0387. The Labute approximate surface area is 157 Å². The normalized spacial score (nSPS) is 16.0. The van der Waals surface area contributed by atoms with Crippen LogP contribution in [0.5, 0.6) is 0 Å². The second-order valence-electron chi connectivity index (χ2n) is 5.78. The van der Waals surface area contributed by atoms with Crippen LogP contribution in [-0.2, 0) is 22.2 Å². The second kappa shape index (κ2) is 7.59. The fourth-order valence-electron chi connectivity index (χ4n) is 2.88. The largest absolute Gasteiger partial charge is 0.381 e. The van der Waals surface area contributed by atoms with E-state index in [-0.39, 0.29) is 18.1 Å². The second-order valence-corrected chi connectivity index (χ2v) is 8.56. The van der Waals surface area contributed by atoms with E-state index in [1.807, 2.05) is 0 Å². The summed E-state index contributed by atoms with van der Waals surface area (Å²) in [6.07, 6.45) is 3.88. The molecule has 2 rings (SSSR count). The van der Waals surface area contributed by atoms with Crippen LogP contribution < -0.4 is 0 Å². The molecule has 0 aliphatic rings. The number of rotatable bonds is 7. The first-order valence-electron chi connectivity index (χ1n) is 7.56. The average molecular weight is 407 g/mol. The summed E-state index contributed by atoms with van der Waals surface area (Å²) >= 11 is 12.3. The van der Waals surface area contributed by atoms with Crippen molar-refractivity contribution in [2.24, 2.45) is 0 Å². The van der Waals surface area contributed by atoms with Gasteiger partial charge in [0.1, 0.15) is 18.3 Å². The van der Waals surface area contributed by atoms with E-state index in [9.17, 15) is 13.5 Å². The third kappa shape index (κ3) is 4.32. The Bertz CT molecular complexity index is 829. The molecule has 0 unspecified atom stereocenters. The van der Waals surface area contributed by atoms with Gasteiger partial charge in [0.25, 0.3) is 0 Å². The first-order valence-corrected chi connectivity index (χ1v) is 10.2. The maximum absolute atomic E-state index is 12.1. The van der Waals surface area contributed by atoms with E-state index in [2.05, 4.69) is 10.1 Å². The molecule has 0 saturated heterocycles. The van der Waals surface area contributed by atoms with Gasteiger partial charge in [-0.3, -0.25) is 0 Å². The van der Waals surface area contributed by atoms with E-state index in [0.29, 0.717) is 10.6 Å². The van der Waals surface area contributed by atoms with Gasteiger partial charge in [-0.2, -0.15) is 9.40 Å². The highest BCUT2D eigenvalue weighted by Gasteiger charge is 2.43. The van der Waals surface area contributed by atoms with Crippen molar-refractivity contribution in [2.75, 3.05) is 12.8 Å². The van der Waals surface area contributed by atoms with Gasteiger partial charge in [0.05, 0.1) is 18.8 Å². The van der Waals surface area contributed by atoms with E-state index in [1.54, 1.807) is 26.0 Å². The molecule has 1 aromatic carbocycles. The van der Waals surface area contributed by atoms with E-state index >= 15 is 0 Å². The Hall–Kier alpha value is -1.19. The Kier molecular flexibility index (Phi) is 6.11. The molecule has 1 heterocycles. The Morgan fingerprint density at radius 3 is 2.56 bits per heavy atom. The summed E-state index contributed by atoms with van der Waals surface area (Å²) in [4.78, 5) is 3.86. The van der Waals surface area contributed by atoms with Crippen molar-refractivity contribution < 1.29 is 13.5 Å². The van der Waals surface area contributed by atoms with Crippen molar-refractivity contribution in [3.63, 3.8) is 0 Å². The number of hydrogen-bond donors (Lipinski definition) is 1. The molecule has 2 atom stereocenters. The van der Waals surface area contributed by atoms with Gasteiger partial charge >= 0.3 is 0 Å². The Morgan fingerprint density at radius 2 is 2.08 bits per heavy atom. The topological polar surface area (TPSA) is 88.3 Å². The lowest BCUT2D eigenvalue weighted by atomic mass is 9.86. The molecule has 10 heteroatoms. The molecule has 0 fully saturated rings. The molecule has 7 nitrogen and oxygen atoms in total. The van der Waals surface area contributed by atoms with Crippen molar-refractivity contribution in [3.05, 3.63) is 46.5 Å². The SMILES string of the molecule is CCN([C@H](C)[C@](O)(Cn1cncn1)c1ccc(Cl)cc1Cl)S(C)(=O)=O. The molecule has 0 spiro atoms. The maximum atomic E-state index is 12.1. The highest BCUT2D eigenvalue weighted by atomic mass is 35.5. The van der Waals surface area contributed by atoms with Crippen LogP contribution in [0.1, 0.15) is 19.4 Å². The van der Waals surface area contributed by atoms with E-state index in [1.165, 1.54) is 27.7 Å². The maximum Gasteiger partial charge on any atom is 0.211 e. The van der Waals surface area contributed by atoms with Gasteiger partial charge in [-0.25, -0.2) is 18.1 Å². The first kappa shape index (κ1) is 20.1. The van der Waals surface area contributed by atoms with E-state index in [4.69, 9.17) is 23.2 Å². The van der Waals surface area contributed by atoms with Crippen LogP contribution in [-0.4, -0.2) is 51.4 Å². The van der Waals surface area contributed by atoms with Crippen molar-refractivity contribution in [1.82, 2.24) is 19.1 Å². The van der Waals surface area contributed by atoms with Gasteiger partial charge in [0, 0.05) is 22.2 Å². The number of benzene rings is 1. The first-order chi connectivity index (χ1) is 11.6. The monoisotopic (exact) mass is 406 g/mol. The predicted molar refractivity (Wildman–Crippen MR) is 97.1 cm³/mol. The predicted octanol–water partition coefficient (Wildman–Crippen LogP) is 2.14. The summed E-state index contributed by atoms with van der Waals surface area (Å²) < 4.78 is 26.9. The number of aromatic nitrogens is 3. The lowest BCUT2D eigenvalue weighted by Crippen LogP contribution is -2.53. The van der Waals surface area contributed by atoms with Crippen LogP contribution >= 0.6 is 23.2 Å². The molecule has 2 aromatic rings. The molecular formula is C15H20Cl2N4O3S. The molecule has 0 bridgehead atoms. The van der Waals surface area contributed by atoms with Gasteiger partial charge in [0.2, 0.25) is 10.0 Å². The standard InChI is InChI=1S/C15H20Cl2N4O3S/c1-4-21(25(3,23)24)11(2)15(22,8-20-10-18-9-19-20)13-6-5-12(16)7-14(13)17/h5-7,9-11,22H,4,8H2,1-3H3/t11-,15-/m1/s1. The highest BCUT2D eigenvalue weighted by Crippen LogP contribution is 2.36. The summed E-state index contributed by atoms with van der Waals surface area (Å²) in [5.74, 6) is 0. The molecule has 0 aliphatic heterocycles. The molecule has 1 aromatic heterocycles. The third-order valence-corrected chi connectivity index (χ3v) is 6.10. The van der Waals surface area contributed by atoms with Gasteiger partial charge in [0.15, 0.2) is 0 Å². The van der Waals surface area contributed by atoms with E-state index in [0.717, 1.165) is 6.26 Å². The zero-order chi connectivity index (χ0) is 18.8. The van der Waals surface area contributed by atoms with Crippen molar-refractivity contribution in [3.8, 4) is 0 Å². The number of hydrogen-bond acceptors (Lipinski definition) is 5. The molecule has 0 amide bonds. The van der Waals surface area contributed by atoms with Crippen molar-refractivity contribution in [2.45, 2.75) is 32.0 Å². The molecule has 0 saturated carbocycles. The van der Waals surface area contributed by atoms with Crippen molar-refractivity contribution in [1.29, 1.82) is 0 Å². The Balaban J connectivity index is 2.59. The minimum absolute atomic E-state index is 0.0263. The summed E-state index contributed by atoms with van der Waals surface area (Å²) in [6.45, 7) is 3.51. The van der Waals surface area contributed by atoms with Crippen LogP contribution in [0.3, 0.4) is 0 Å². The van der Waals surface area contributed by atoms with Gasteiger partial charge in [-0.15, -0.1) is 0 Å². The van der Waals surface area contributed by atoms with Crippen LogP contribution in [0.15, 0.2) is 30.9 Å². The number of likely N-dealkylation sites (N-methyl/N-ethyl adjacent to an activating group) is 1. The van der Waals surface area contributed by atoms with Crippen LogP contribution in [0.25, 0.3) is 0 Å². The zero-order valence-electron chi connectivity index (χ0n) is 14.1. The number of nitrogens with zero attached hydrogens (tertiary/aromatic N) is 4. The highest BCUT2D eigenvalue weighted by molar-refractivity contribution is 7.88. The van der Waals surface area contributed by atoms with Gasteiger partial charge < -0.3 is 5.11 Å². The number of sulfonamides is 1. The third-order valence-electron chi connectivity index (χ3n) is 4.13. The quantitative estimate of drug-likeness (QED) is 0.760. The number of aliphatic hydroxyl groups is 1. The van der Waals surface area contributed by atoms with Gasteiger partial charge in [-0.1, -0.05) is 36.2 Å². The molecule has 1 N–H and O–H groups in total.